The quantitative estimate of drug-likeness (QED) is 0.832. The van der Waals surface area contributed by atoms with Gasteiger partial charge in [0.05, 0.1) is 11.4 Å². The zero-order valence-electron chi connectivity index (χ0n) is 13.0. The monoisotopic (exact) mass is 264 g/mol. The van der Waals surface area contributed by atoms with Crippen LogP contribution < -0.4 is 0 Å². The maximum absolute atomic E-state index is 11.9. The van der Waals surface area contributed by atoms with Crippen molar-refractivity contribution in [1.29, 1.82) is 0 Å². The Morgan fingerprint density at radius 1 is 1.00 bits per heavy atom. The molecule has 19 heavy (non-hydrogen) atoms. The van der Waals surface area contributed by atoms with Gasteiger partial charge in [-0.1, -0.05) is 48.5 Å². The standard InChI is InChI=1S/C15H24N2O2/c1-8-9(18)13-16-11(14(2,3)4)10(19)12(17-13)15(5,6)7/h19H,8H2,1-7H3. The molecule has 4 nitrogen and oxygen atoms in total. The number of ketones is 1. The predicted molar refractivity (Wildman–Crippen MR) is 75.7 cm³/mol. The van der Waals surface area contributed by atoms with Crippen molar-refractivity contribution >= 4 is 5.78 Å². The van der Waals surface area contributed by atoms with Gasteiger partial charge in [0.25, 0.3) is 0 Å². The van der Waals surface area contributed by atoms with Gasteiger partial charge < -0.3 is 5.11 Å². The van der Waals surface area contributed by atoms with E-state index >= 15 is 0 Å². The Morgan fingerprint density at radius 3 is 1.63 bits per heavy atom. The van der Waals surface area contributed by atoms with Crippen LogP contribution in [0.5, 0.6) is 5.75 Å². The van der Waals surface area contributed by atoms with Crippen molar-refractivity contribution in [3.8, 4) is 5.75 Å². The second kappa shape index (κ2) is 4.91. The van der Waals surface area contributed by atoms with Gasteiger partial charge >= 0.3 is 0 Å². The first kappa shape index (κ1) is 15.6. The Bertz CT molecular complexity index is 459. The van der Waals surface area contributed by atoms with E-state index in [1.807, 2.05) is 41.5 Å². The van der Waals surface area contributed by atoms with Crippen LogP contribution in [0.3, 0.4) is 0 Å². The third-order valence-electron chi connectivity index (χ3n) is 2.88. The van der Waals surface area contributed by atoms with E-state index in [4.69, 9.17) is 0 Å². The molecule has 0 radical (unpaired) electrons. The number of aromatic hydroxyl groups is 1. The molecular formula is C15H24N2O2. The summed E-state index contributed by atoms with van der Waals surface area (Å²) in [5.41, 5.74) is 0.388. The average Bonchev–Trinajstić information content (AvgIpc) is 2.25. The summed E-state index contributed by atoms with van der Waals surface area (Å²) in [5.74, 6) is 0.207. The predicted octanol–water partition coefficient (Wildman–Crippen LogP) is 3.37. The summed E-state index contributed by atoms with van der Waals surface area (Å²) in [6, 6.07) is 0. The number of rotatable bonds is 2. The first-order chi connectivity index (χ1) is 8.48. The van der Waals surface area contributed by atoms with Crippen LogP contribution in [-0.2, 0) is 10.8 Å². The Morgan fingerprint density at radius 2 is 1.37 bits per heavy atom. The van der Waals surface area contributed by atoms with Crippen molar-refractivity contribution in [2.75, 3.05) is 0 Å². The van der Waals surface area contributed by atoms with Crippen LogP contribution in [-0.4, -0.2) is 20.9 Å². The van der Waals surface area contributed by atoms with E-state index in [1.165, 1.54) is 0 Å². The molecule has 1 aromatic rings. The second-order valence-corrected chi connectivity index (χ2v) is 6.87. The topological polar surface area (TPSA) is 63.1 Å². The normalized spacial score (nSPS) is 12.6. The minimum absolute atomic E-state index is 0.101. The van der Waals surface area contributed by atoms with Crippen LogP contribution in [0, 0.1) is 0 Å². The summed E-state index contributed by atoms with van der Waals surface area (Å²) in [6.45, 7) is 13.5. The van der Waals surface area contributed by atoms with Crippen molar-refractivity contribution < 1.29 is 9.90 Å². The highest BCUT2D eigenvalue weighted by Gasteiger charge is 2.30. The number of carbonyl (C=O) groups excluding carboxylic acids is 1. The van der Waals surface area contributed by atoms with E-state index < -0.39 is 0 Å². The van der Waals surface area contributed by atoms with Gasteiger partial charge in [0, 0.05) is 17.3 Å². The molecule has 0 aliphatic rings. The summed E-state index contributed by atoms with van der Waals surface area (Å²) in [6.07, 6.45) is 0.359. The molecule has 0 aromatic carbocycles. The van der Waals surface area contributed by atoms with E-state index in [0.717, 1.165) is 0 Å². The molecule has 0 bridgehead atoms. The van der Waals surface area contributed by atoms with Crippen LogP contribution >= 0.6 is 0 Å². The van der Waals surface area contributed by atoms with Gasteiger partial charge in [0.1, 0.15) is 0 Å². The SMILES string of the molecule is CCC(=O)c1nc(C(C)(C)C)c(O)c(C(C)(C)C)n1. The van der Waals surface area contributed by atoms with Crippen molar-refractivity contribution in [1.82, 2.24) is 9.97 Å². The number of carbonyl (C=O) groups is 1. The van der Waals surface area contributed by atoms with Gasteiger partial charge in [-0.05, 0) is 0 Å². The van der Waals surface area contributed by atoms with Crippen LogP contribution in [0.2, 0.25) is 0 Å². The third kappa shape index (κ3) is 3.31. The van der Waals surface area contributed by atoms with E-state index in [2.05, 4.69) is 9.97 Å². The van der Waals surface area contributed by atoms with Crippen molar-refractivity contribution in [3.63, 3.8) is 0 Å². The van der Waals surface area contributed by atoms with Gasteiger partial charge in [-0.15, -0.1) is 0 Å². The molecule has 106 valence electrons. The molecular weight excluding hydrogens is 240 g/mol. The maximum atomic E-state index is 11.9. The van der Waals surface area contributed by atoms with E-state index in [9.17, 15) is 9.90 Å². The number of Topliss-reactive ketones (excluding diaryl/α,β-unsaturated/α-hetero) is 1. The Hall–Kier alpha value is -1.45. The minimum atomic E-state index is -0.338. The molecule has 4 heteroatoms. The van der Waals surface area contributed by atoms with Gasteiger partial charge in [-0.2, -0.15) is 0 Å². The van der Waals surface area contributed by atoms with Crippen molar-refractivity contribution in [2.45, 2.75) is 65.7 Å². The first-order valence-corrected chi connectivity index (χ1v) is 6.63. The fourth-order valence-corrected chi connectivity index (χ4v) is 1.78. The number of aromatic nitrogens is 2. The van der Waals surface area contributed by atoms with E-state index in [0.29, 0.717) is 17.8 Å². The van der Waals surface area contributed by atoms with Crippen molar-refractivity contribution in [2.24, 2.45) is 0 Å². The maximum Gasteiger partial charge on any atom is 0.199 e. The Kier molecular flexibility index (Phi) is 4.03. The van der Waals surface area contributed by atoms with Crippen LogP contribution in [0.25, 0.3) is 0 Å². The minimum Gasteiger partial charge on any atom is -0.504 e. The summed E-state index contributed by atoms with van der Waals surface area (Å²) < 4.78 is 0. The number of nitrogens with zero attached hydrogens (tertiary/aromatic N) is 2. The Labute approximate surface area is 115 Å². The second-order valence-electron chi connectivity index (χ2n) is 6.87. The first-order valence-electron chi connectivity index (χ1n) is 6.63. The lowest BCUT2D eigenvalue weighted by Crippen LogP contribution is -2.23. The highest BCUT2D eigenvalue weighted by atomic mass is 16.3. The zero-order chi connectivity index (χ0) is 15.0. The van der Waals surface area contributed by atoms with Gasteiger partial charge in [0.2, 0.25) is 0 Å². The van der Waals surface area contributed by atoms with E-state index in [1.54, 1.807) is 6.92 Å². The molecule has 0 atom stereocenters. The number of hydrogen-bond donors (Lipinski definition) is 1. The molecule has 1 N–H and O–H groups in total. The zero-order valence-corrected chi connectivity index (χ0v) is 13.0. The van der Waals surface area contributed by atoms with Crippen LogP contribution in [0.4, 0.5) is 0 Å². The van der Waals surface area contributed by atoms with Gasteiger partial charge in [-0.25, -0.2) is 9.97 Å². The molecule has 0 saturated heterocycles. The molecule has 0 spiro atoms. The summed E-state index contributed by atoms with van der Waals surface area (Å²) in [4.78, 5) is 20.4. The lowest BCUT2D eigenvalue weighted by Gasteiger charge is -2.25. The lowest BCUT2D eigenvalue weighted by atomic mass is 9.85. The fourth-order valence-electron chi connectivity index (χ4n) is 1.78. The number of hydrogen-bond acceptors (Lipinski definition) is 4. The highest BCUT2D eigenvalue weighted by Crippen LogP contribution is 2.36. The fraction of sp³-hybridized carbons (Fsp3) is 0.667. The third-order valence-corrected chi connectivity index (χ3v) is 2.88. The molecule has 0 aliphatic carbocycles. The Balaban J connectivity index is 3.62. The molecule has 1 rings (SSSR count). The molecule has 0 saturated carbocycles. The molecule has 0 amide bonds. The lowest BCUT2D eigenvalue weighted by molar-refractivity contribution is 0.0977. The summed E-state index contributed by atoms with van der Waals surface area (Å²) in [5, 5.41) is 10.4. The summed E-state index contributed by atoms with van der Waals surface area (Å²) >= 11 is 0. The average molecular weight is 264 g/mol. The molecule has 1 heterocycles. The van der Waals surface area contributed by atoms with Gasteiger partial charge in [0.15, 0.2) is 17.4 Å². The largest absolute Gasteiger partial charge is 0.504 e. The molecule has 1 aromatic heterocycles. The molecule has 0 fully saturated rings. The van der Waals surface area contributed by atoms with Crippen LogP contribution in [0.1, 0.15) is 76.9 Å². The summed E-state index contributed by atoms with van der Waals surface area (Å²) in [7, 11) is 0. The van der Waals surface area contributed by atoms with Gasteiger partial charge in [-0.3, -0.25) is 4.79 Å². The highest BCUT2D eigenvalue weighted by molar-refractivity contribution is 5.92. The smallest absolute Gasteiger partial charge is 0.199 e. The van der Waals surface area contributed by atoms with Crippen molar-refractivity contribution in [3.05, 3.63) is 17.2 Å². The molecule has 0 unspecified atom stereocenters. The van der Waals surface area contributed by atoms with E-state index in [-0.39, 0.29) is 28.2 Å². The molecule has 0 aliphatic heterocycles. The van der Waals surface area contributed by atoms with Crippen LogP contribution in [0.15, 0.2) is 0 Å².